The molecule has 2 rings (SSSR count). The second-order valence-corrected chi connectivity index (χ2v) is 14.6. The molecule has 0 saturated carbocycles. The van der Waals surface area contributed by atoms with Gasteiger partial charge in [-0.25, -0.2) is 0 Å². The van der Waals surface area contributed by atoms with Crippen LogP contribution in [0.5, 0.6) is 0 Å². The summed E-state index contributed by atoms with van der Waals surface area (Å²) in [6.45, 7) is 12.6. The third kappa shape index (κ3) is 4.92. The van der Waals surface area contributed by atoms with Gasteiger partial charge >= 0.3 is 0 Å². The zero-order valence-electron chi connectivity index (χ0n) is 14.7. The molecule has 0 fully saturated rings. The van der Waals surface area contributed by atoms with Crippen LogP contribution in [0.25, 0.3) is 9.40 Å². The Hall–Kier alpha value is -0.163. The first kappa shape index (κ1) is 18.2. The Bertz CT molecular complexity index is 549. The fraction of sp³-hybridized carbons (Fsp3) is 0.667. The minimum Gasteiger partial charge on any atom is -0.417 e. The van der Waals surface area contributed by atoms with Crippen LogP contribution in [0, 0.1) is 0 Å². The molecule has 0 bridgehead atoms. The van der Waals surface area contributed by atoms with Crippen molar-refractivity contribution in [2.45, 2.75) is 71.0 Å². The molecule has 0 aromatic carbocycles. The van der Waals surface area contributed by atoms with Crippen molar-refractivity contribution in [1.29, 1.82) is 0 Å². The minimum absolute atomic E-state index is 0.332. The van der Waals surface area contributed by atoms with Crippen LogP contribution >= 0.6 is 22.7 Å². The van der Waals surface area contributed by atoms with E-state index in [9.17, 15) is 0 Å². The van der Waals surface area contributed by atoms with Crippen molar-refractivity contribution < 1.29 is 4.43 Å². The van der Waals surface area contributed by atoms with Gasteiger partial charge in [0.1, 0.15) is 0 Å². The Balaban J connectivity index is 1.57. The summed E-state index contributed by atoms with van der Waals surface area (Å²) in [6.07, 6.45) is 6.40. The second-order valence-electron chi connectivity index (χ2n) is 7.63. The van der Waals surface area contributed by atoms with Crippen LogP contribution < -0.4 is 0 Å². The maximum absolute atomic E-state index is 6.23. The molecule has 0 aliphatic heterocycles. The van der Waals surface area contributed by atoms with E-state index in [4.69, 9.17) is 4.43 Å². The topological polar surface area (TPSA) is 9.23 Å². The van der Waals surface area contributed by atoms with E-state index in [-0.39, 0.29) is 0 Å². The molecule has 0 aliphatic carbocycles. The van der Waals surface area contributed by atoms with Gasteiger partial charge in [0.25, 0.3) is 0 Å². The molecule has 22 heavy (non-hydrogen) atoms. The average Bonchev–Trinajstić information content (AvgIpc) is 2.96. The summed E-state index contributed by atoms with van der Waals surface area (Å²) in [6, 6.07) is 4.62. The molecule has 0 amide bonds. The molecular formula is C18H30OS2Si. The van der Waals surface area contributed by atoms with E-state index in [1.54, 1.807) is 4.88 Å². The Morgan fingerprint density at radius 3 is 2.45 bits per heavy atom. The first-order valence-corrected chi connectivity index (χ1v) is 13.0. The van der Waals surface area contributed by atoms with Gasteiger partial charge in [-0.15, -0.1) is 22.7 Å². The van der Waals surface area contributed by atoms with Crippen LogP contribution in [-0.2, 0) is 10.8 Å². The van der Waals surface area contributed by atoms with Crippen molar-refractivity contribution in [2.75, 3.05) is 6.61 Å². The number of aryl methyl sites for hydroxylation is 1. The molecule has 0 atom stereocenters. The van der Waals surface area contributed by atoms with Gasteiger partial charge in [-0.1, -0.05) is 33.6 Å². The zero-order valence-corrected chi connectivity index (χ0v) is 17.3. The number of hydrogen-bond donors (Lipinski definition) is 0. The molecule has 0 N–H and O–H groups in total. The van der Waals surface area contributed by atoms with Gasteiger partial charge in [-0.05, 0) is 54.9 Å². The highest BCUT2D eigenvalue weighted by atomic mass is 32.1. The Morgan fingerprint density at radius 2 is 1.77 bits per heavy atom. The maximum Gasteiger partial charge on any atom is 0.191 e. The molecule has 124 valence electrons. The second kappa shape index (κ2) is 7.60. The highest BCUT2D eigenvalue weighted by molar-refractivity contribution is 7.26. The number of hydrogen-bond acceptors (Lipinski definition) is 3. The lowest BCUT2D eigenvalue weighted by Gasteiger charge is -2.36. The van der Waals surface area contributed by atoms with Gasteiger partial charge in [0.15, 0.2) is 8.32 Å². The van der Waals surface area contributed by atoms with Gasteiger partial charge < -0.3 is 4.43 Å². The summed E-state index contributed by atoms with van der Waals surface area (Å²) in [5.74, 6) is 0. The molecule has 0 aliphatic rings. The quantitative estimate of drug-likeness (QED) is 0.363. The Labute approximate surface area is 144 Å². The monoisotopic (exact) mass is 354 g/mol. The van der Waals surface area contributed by atoms with E-state index in [1.165, 1.54) is 41.5 Å². The number of unbranched alkanes of at least 4 members (excludes halogenated alkanes) is 3. The third-order valence-corrected chi connectivity index (χ3v) is 11.5. The van der Waals surface area contributed by atoms with Crippen LogP contribution in [0.3, 0.4) is 0 Å². The van der Waals surface area contributed by atoms with Gasteiger partial charge in [-0.3, -0.25) is 0 Å². The van der Waals surface area contributed by atoms with Crippen LogP contribution in [0.2, 0.25) is 18.1 Å². The molecule has 0 saturated heterocycles. The van der Waals surface area contributed by atoms with E-state index in [1.807, 2.05) is 22.7 Å². The van der Waals surface area contributed by atoms with Crippen molar-refractivity contribution in [3.05, 3.63) is 22.4 Å². The Kier molecular flexibility index (Phi) is 6.28. The van der Waals surface area contributed by atoms with Gasteiger partial charge in [0.05, 0.1) is 0 Å². The molecule has 0 radical (unpaired) electrons. The summed E-state index contributed by atoms with van der Waals surface area (Å²) in [5.41, 5.74) is 0. The smallest absolute Gasteiger partial charge is 0.191 e. The molecule has 2 aromatic heterocycles. The van der Waals surface area contributed by atoms with Crippen LogP contribution in [0.15, 0.2) is 17.5 Å². The van der Waals surface area contributed by atoms with Crippen LogP contribution in [-0.4, -0.2) is 14.9 Å². The molecule has 4 heteroatoms. The summed E-state index contributed by atoms with van der Waals surface area (Å²) in [4.78, 5) is 1.55. The molecule has 0 unspecified atom stereocenters. The number of thiophene rings is 2. The first-order chi connectivity index (χ1) is 10.3. The van der Waals surface area contributed by atoms with Crippen molar-refractivity contribution in [2.24, 2.45) is 0 Å². The van der Waals surface area contributed by atoms with Crippen molar-refractivity contribution >= 4 is 40.4 Å². The van der Waals surface area contributed by atoms with Crippen LogP contribution in [0.1, 0.15) is 51.3 Å². The summed E-state index contributed by atoms with van der Waals surface area (Å²) < 4.78 is 9.15. The van der Waals surface area contributed by atoms with E-state index < -0.39 is 8.32 Å². The van der Waals surface area contributed by atoms with E-state index >= 15 is 0 Å². The predicted molar refractivity (Wildman–Crippen MR) is 105 cm³/mol. The van der Waals surface area contributed by atoms with Crippen molar-refractivity contribution in [3.63, 3.8) is 0 Å². The largest absolute Gasteiger partial charge is 0.417 e. The van der Waals surface area contributed by atoms with Crippen LogP contribution in [0.4, 0.5) is 0 Å². The normalized spacial score (nSPS) is 13.1. The third-order valence-electron chi connectivity index (χ3n) is 4.78. The van der Waals surface area contributed by atoms with Crippen molar-refractivity contribution in [3.8, 4) is 0 Å². The highest BCUT2D eigenvalue weighted by Gasteiger charge is 2.36. The van der Waals surface area contributed by atoms with Gasteiger partial charge in [0, 0.05) is 20.9 Å². The lowest BCUT2D eigenvalue weighted by atomic mass is 10.1. The zero-order chi connectivity index (χ0) is 16.2. The number of rotatable bonds is 8. The highest BCUT2D eigenvalue weighted by Crippen LogP contribution is 2.36. The molecule has 0 spiro atoms. The van der Waals surface area contributed by atoms with E-state index in [0.29, 0.717) is 5.04 Å². The first-order valence-electron chi connectivity index (χ1n) is 8.39. The lowest BCUT2D eigenvalue weighted by Crippen LogP contribution is -2.40. The average molecular weight is 355 g/mol. The SMILES string of the molecule is CC(C)(C)[Si](C)(C)OCCCCCCc1cc2sccc2s1. The molecule has 2 heterocycles. The minimum atomic E-state index is -1.53. The molecule has 1 nitrogen and oxygen atoms in total. The van der Waals surface area contributed by atoms with Crippen molar-refractivity contribution in [1.82, 2.24) is 0 Å². The molecular weight excluding hydrogens is 324 g/mol. The fourth-order valence-corrected chi connectivity index (χ4v) is 5.50. The lowest BCUT2D eigenvalue weighted by molar-refractivity contribution is 0.277. The summed E-state index contributed by atoms with van der Waals surface area (Å²) in [5, 5.41) is 2.52. The summed E-state index contributed by atoms with van der Waals surface area (Å²) >= 11 is 3.83. The standard InChI is InChI=1S/C18H30OS2Si/c1-18(2,3)22(4,5)19-12-9-7-6-8-10-15-14-17-16(21-15)11-13-20-17/h11,13-14H,6-10,12H2,1-5H3. The summed E-state index contributed by atoms with van der Waals surface area (Å²) in [7, 11) is -1.53. The fourth-order valence-electron chi connectivity index (χ4n) is 2.24. The predicted octanol–water partition coefficient (Wildman–Crippen LogP) is 7.09. The Morgan fingerprint density at radius 1 is 1.05 bits per heavy atom. The van der Waals surface area contributed by atoms with Gasteiger partial charge in [-0.2, -0.15) is 0 Å². The van der Waals surface area contributed by atoms with E-state index in [0.717, 1.165) is 6.61 Å². The molecule has 2 aromatic rings. The maximum atomic E-state index is 6.23. The number of fused-ring (bicyclic) bond motifs is 1. The van der Waals surface area contributed by atoms with E-state index in [2.05, 4.69) is 51.4 Å². The van der Waals surface area contributed by atoms with Gasteiger partial charge in [0.2, 0.25) is 0 Å².